The second-order valence-corrected chi connectivity index (χ2v) is 7.17. The molecular formula is C24H20FN. The predicted molar refractivity (Wildman–Crippen MR) is 105 cm³/mol. The van der Waals surface area contributed by atoms with Gasteiger partial charge in [-0.2, -0.15) is 0 Å². The maximum Gasteiger partial charge on any atom is 0.123 e. The summed E-state index contributed by atoms with van der Waals surface area (Å²) in [7, 11) is 0. The number of para-hydroxylation sites is 1. The summed E-state index contributed by atoms with van der Waals surface area (Å²) in [6.45, 7) is 0. The minimum absolute atomic E-state index is 0.114. The fourth-order valence-electron chi connectivity index (χ4n) is 4.51. The van der Waals surface area contributed by atoms with E-state index in [1.54, 1.807) is 6.07 Å². The number of fused-ring (bicyclic) bond motifs is 3. The number of hydrogen-bond acceptors (Lipinski definition) is 1. The van der Waals surface area contributed by atoms with Crippen molar-refractivity contribution in [2.24, 2.45) is 5.92 Å². The van der Waals surface area contributed by atoms with Crippen molar-refractivity contribution < 1.29 is 4.39 Å². The molecule has 2 aliphatic rings. The maximum absolute atomic E-state index is 13.9. The Bertz CT molecular complexity index is 977. The molecule has 0 bridgehead atoms. The molecule has 128 valence electrons. The van der Waals surface area contributed by atoms with Crippen LogP contribution in [0.2, 0.25) is 0 Å². The van der Waals surface area contributed by atoms with Crippen LogP contribution in [-0.4, -0.2) is 0 Å². The smallest absolute Gasteiger partial charge is 0.123 e. The van der Waals surface area contributed by atoms with E-state index in [9.17, 15) is 4.39 Å². The van der Waals surface area contributed by atoms with E-state index >= 15 is 0 Å². The Morgan fingerprint density at radius 1 is 0.885 bits per heavy atom. The first-order valence-corrected chi connectivity index (χ1v) is 9.18. The molecule has 3 aromatic carbocycles. The second-order valence-electron chi connectivity index (χ2n) is 7.17. The average molecular weight is 341 g/mol. The molecule has 0 aromatic heterocycles. The van der Waals surface area contributed by atoms with Crippen LogP contribution in [0.4, 0.5) is 10.1 Å². The predicted octanol–water partition coefficient (Wildman–Crippen LogP) is 6.32. The molecule has 3 aromatic rings. The molecule has 0 saturated heterocycles. The fourth-order valence-corrected chi connectivity index (χ4v) is 4.51. The zero-order chi connectivity index (χ0) is 17.5. The van der Waals surface area contributed by atoms with Crippen LogP contribution in [0.3, 0.4) is 0 Å². The van der Waals surface area contributed by atoms with Crippen molar-refractivity contribution in [2.45, 2.75) is 18.4 Å². The standard InChI is InChI=1S/C24H20FN/c25-18-10-4-9-17(15-18)23-21-13-6-12-20(21)22-14-5-11-19(24(22)26-23)16-7-2-1-3-8-16/h1-12,14-15,20-21,23,26H,13H2/t20-,21-,23-/m0/s1. The van der Waals surface area contributed by atoms with E-state index in [-0.39, 0.29) is 11.9 Å². The Balaban J connectivity index is 1.66. The van der Waals surface area contributed by atoms with Crippen molar-refractivity contribution in [1.29, 1.82) is 0 Å². The summed E-state index contributed by atoms with van der Waals surface area (Å²) in [5.74, 6) is 0.632. The van der Waals surface area contributed by atoms with Gasteiger partial charge in [-0.15, -0.1) is 0 Å². The highest BCUT2D eigenvalue weighted by atomic mass is 19.1. The van der Waals surface area contributed by atoms with Crippen molar-refractivity contribution >= 4 is 5.69 Å². The SMILES string of the molecule is Fc1cccc([C@@H]2Nc3c(-c4ccccc4)cccc3[C@H]3C=CC[C@@H]32)c1. The van der Waals surface area contributed by atoms with Gasteiger partial charge < -0.3 is 5.32 Å². The quantitative estimate of drug-likeness (QED) is 0.538. The van der Waals surface area contributed by atoms with Gasteiger partial charge in [0.05, 0.1) is 6.04 Å². The molecular weight excluding hydrogens is 321 g/mol. The summed E-state index contributed by atoms with van der Waals surface area (Å²) in [5.41, 5.74) is 5.97. The molecule has 1 heterocycles. The average Bonchev–Trinajstić information content (AvgIpc) is 3.18. The first-order valence-electron chi connectivity index (χ1n) is 9.18. The number of benzene rings is 3. The number of rotatable bonds is 2. The molecule has 3 atom stereocenters. The summed E-state index contributed by atoms with van der Waals surface area (Å²) < 4.78 is 13.9. The minimum atomic E-state index is -0.172. The number of allylic oxidation sites excluding steroid dienone is 2. The van der Waals surface area contributed by atoms with Crippen molar-refractivity contribution in [3.8, 4) is 11.1 Å². The number of hydrogen-bond donors (Lipinski definition) is 1. The lowest BCUT2D eigenvalue weighted by Crippen LogP contribution is -2.29. The Morgan fingerprint density at radius 3 is 2.58 bits per heavy atom. The van der Waals surface area contributed by atoms with Gasteiger partial charge >= 0.3 is 0 Å². The van der Waals surface area contributed by atoms with Crippen LogP contribution < -0.4 is 5.32 Å². The molecule has 1 aliphatic carbocycles. The molecule has 0 unspecified atom stereocenters. The van der Waals surface area contributed by atoms with Crippen LogP contribution in [0.1, 0.15) is 29.5 Å². The van der Waals surface area contributed by atoms with Gasteiger partial charge in [-0.05, 0) is 41.2 Å². The molecule has 1 aliphatic heterocycles. The molecule has 0 fully saturated rings. The van der Waals surface area contributed by atoms with Crippen molar-refractivity contribution in [2.75, 3.05) is 5.32 Å². The molecule has 2 heteroatoms. The van der Waals surface area contributed by atoms with Gasteiger partial charge in [0, 0.05) is 17.2 Å². The summed E-state index contributed by atoms with van der Waals surface area (Å²) in [4.78, 5) is 0. The third kappa shape index (κ3) is 2.45. The Kier molecular flexibility index (Phi) is 3.63. The van der Waals surface area contributed by atoms with Gasteiger partial charge in [-0.1, -0.05) is 72.8 Å². The molecule has 0 spiro atoms. The third-order valence-corrected chi connectivity index (χ3v) is 5.69. The molecule has 1 nitrogen and oxygen atoms in total. The molecule has 26 heavy (non-hydrogen) atoms. The van der Waals surface area contributed by atoms with Crippen molar-refractivity contribution in [1.82, 2.24) is 0 Å². The van der Waals surface area contributed by atoms with Crippen LogP contribution in [0, 0.1) is 11.7 Å². The van der Waals surface area contributed by atoms with Crippen molar-refractivity contribution in [3.05, 3.63) is 102 Å². The third-order valence-electron chi connectivity index (χ3n) is 5.69. The number of halogens is 1. The van der Waals surface area contributed by atoms with Gasteiger partial charge in [0.2, 0.25) is 0 Å². The van der Waals surface area contributed by atoms with Gasteiger partial charge in [-0.3, -0.25) is 0 Å². The summed E-state index contributed by atoms with van der Waals surface area (Å²) >= 11 is 0. The molecule has 0 amide bonds. The Morgan fingerprint density at radius 2 is 1.73 bits per heavy atom. The molecule has 1 N–H and O–H groups in total. The summed E-state index contributed by atoms with van der Waals surface area (Å²) in [6, 6.07) is 24.1. The van der Waals surface area contributed by atoms with Gasteiger partial charge in [0.25, 0.3) is 0 Å². The first-order chi connectivity index (χ1) is 12.8. The second kappa shape index (κ2) is 6.14. The van der Waals surface area contributed by atoms with E-state index in [2.05, 4.69) is 59.9 Å². The van der Waals surface area contributed by atoms with Crippen LogP contribution in [0.5, 0.6) is 0 Å². The van der Waals surface area contributed by atoms with Crippen LogP contribution in [-0.2, 0) is 0 Å². The van der Waals surface area contributed by atoms with Crippen molar-refractivity contribution in [3.63, 3.8) is 0 Å². The highest BCUT2D eigenvalue weighted by molar-refractivity contribution is 5.82. The highest BCUT2D eigenvalue weighted by Crippen LogP contribution is 2.52. The lowest BCUT2D eigenvalue weighted by atomic mass is 9.76. The summed E-state index contributed by atoms with van der Waals surface area (Å²) in [5, 5.41) is 3.77. The molecule has 0 radical (unpaired) electrons. The van der Waals surface area contributed by atoms with E-state index < -0.39 is 0 Å². The Labute approximate surface area is 153 Å². The van der Waals surface area contributed by atoms with E-state index in [0.717, 1.165) is 12.0 Å². The van der Waals surface area contributed by atoms with Crippen LogP contribution in [0.25, 0.3) is 11.1 Å². The minimum Gasteiger partial charge on any atom is -0.377 e. The normalized spacial score (nSPS) is 23.2. The van der Waals surface area contributed by atoms with E-state index in [1.807, 2.05) is 18.2 Å². The monoisotopic (exact) mass is 341 g/mol. The number of nitrogens with one attached hydrogen (secondary N) is 1. The van der Waals surface area contributed by atoms with E-state index in [4.69, 9.17) is 0 Å². The largest absolute Gasteiger partial charge is 0.377 e. The summed E-state index contributed by atoms with van der Waals surface area (Å²) in [6.07, 6.45) is 5.62. The van der Waals surface area contributed by atoms with Gasteiger partial charge in [-0.25, -0.2) is 4.39 Å². The van der Waals surface area contributed by atoms with E-state index in [1.165, 1.54) is 28.4 Å². The van der Waals surface area contributed by atoms with Crippen LogP contribution >= 0.6 is 0 Å². The molecule has 5 rings (SSSR count). The fraction of sp³-hybridized carbons (Fsp3) is 0.167. The zero-order valence-electron chi connectivity index (χ0n) is 14.4. The van der Waals surface area contributed by atoms with Crippen LogP contribution in [0.15, 0.2) is 84.9 Å². The first kappa shape index (κ1) is 15.4. The maximum atomic E-state index is 13.9. The zero-order valence-corrected chi connectivity index (χ0v) is 14.4. The lowest BCUT2D eigenvalue weighted by molar-refractivity contribution is 0.424. The van der Waals surface area contributed by atoms with E-state index in [0.29, 0.717) is 11.8 Å². The highest BCUT2D eigenvalue weighted by Gasteiger charge is 2.38. The topological polar surface area (TPSA) is 12.0 Å². The van der Waals surface area contributed by atoms with Gasteiger partial charge in [0.1, 0.15) is 5.82 Å². The number of anilines is 1. The lowest BCUT2D eigenvalue weighted by Gasteiger charge is -2.38. The Hall–Kier alpha value is -2.87. The molecule has 0 saturated carbocycles. The van der Waals surface area contributed by atoms with Gasteiger partial charge in [0.15, 0.2) is 0 Å².